The van der Waals surface area contributed by atoms with Gasteiger partial charge in [0.1, 0.15) is 5.03 Å². The van der Waals surface area contributed by atoms with E-state index in [9.17, 15) is 4.79 Å². The first-order valence-electron chi connectivity index (χ1n) is 5.52. The highest BCUT2D eigenvalue weighted by molar-refractivity contribution is 7.99. The van der Waals surface area contributed by atoms with E-state index in [0.29, 0.717) is 15.8 Å². The zero-order valence-corrected chi connectivity index (χ0v) is 11.5. The summed E-state index contributed by atoms with van der Waals surface area (Å²) in [5.41, 5.74) is 0.535. The standard InChI is InChI=1S/C12H7ClN4O2S/c13-7-4-5-9(14-10(7)11(18)19)20-12-16-15-8-3-1-2-6-17(8)12/h1-6H,(H,18,19). The van der Waals surface area contributed by atoms with Gasteiger partial charge in [0.2, 0.25) is 5.16 Å². The SMILES string of the molecule is O=C(O)c1nc(Sc2nnc3ccccn23)ccc1Cl. The van der Waals surface area contributed by atoms with Gasteiger partial charge in [-0.25, -0.2) is 9.78 Å². The molecule has 1 N–H and O–H groups in total. The molecule has 0 bridgehead atoms. The average Bonchev–Trinajstić information content (AvgIpc) is 2.84. The summed E-state index contributed by atoms with van der Waals surface area (Å²) in [5.74, 6) is -1.16. The molecule has 3 heterocycles. The summed E-state index contributed by atoms with van der Waals surface area (Å²) in [6, 6.07) is 8.70. The Balaban J connectivity index is 1.99. The molecule has 3 rings (SSSR count). The number of pyridine rings is 2. The monoisotopic (exact) mass is 306 g/mol. The summed E-state index contributed by atoms with van der Waals surface area (Å²) in [4.78, 5) is 15.0. The van der Waals surface area contributed by atoms with Crippen molar-refractivity contribution in [2.75, 3.05) is 0 Å². The van der Waals surface area contributed by atoms with E-state index >= 15 is 0 Å². The number of aromatic carboxylic acids is 1. The van der Waals surface area contributed by atoms with Crippen molar-refractivity contribution in [2.24, 2.45) is 0 Å². The first-order chi connectivity index (χ1) is 9.65. The molecule has 0 saturated heterocycles. The lowest BCUT2D eigenvalue weighted by molar-refractivity contribution is 0.0690. The molecule has 0 atom stereocenters. The largest absolute Gasteiger partial charge is 0.476 e. The number of hydrogen-bond donors (Lipinski definition) is 1. The van der Waals surface area contributed by atoms with Crippen LogP contribution >= 0.6 is 23.4 Å². The lowest BCUT2D eigenvalue weighted by Gasteiger charge is -2.02. The molecule has 0 saturated carbocycles. The summed E-state index contributed by atoms with van der Waals surface area (Å²) in [5, 5.41) is 18.3. The van der Waals surface area contributed by atoms with E-state index in [1.807, 2.05) is 24.4 Å². The Bertz CT molecular complexity index is 805. The van der Waals surface area contributed by atoms with E-state index in [0.717, 1.165) is 0 Å². The minimum atomic E-state index is -1.16. The quantitative estimate of drug-likeness (QED) is 0.801. The minimum absolute atomic E-state index is 0.105. The Hall–Kier alpha value is -2.12. The van der Waals surface area contributed by atoms with Crippen molar-refractivity contribution in [3.8, 4) is 0 Å². The predicted octanol–water partition coefficient (Wildman–Crippen LogP) is 2.63. The van der Waals surface area contributed by atoms with Crippen molar-refractivity contribution in [1.29, 1.82) is 0 Å². The van der Waals surface area contributed by atoms with E-state index in [1.165, 1.54) is 17.8 Å². The third-order valence-corrected chi connectivity index (χ3v) is 3.70. The molecule has 100 valence electrons. The van der Waals surface area contributed by atoms with Gasteiger partial charge in [-0.3, -0.25) is 4.40 Å². The molecule has 0 spiro atoms. The van der Waals surface area contributed by atoms with Gasteiger partial charge in [0.05, 0.1) is 5.02 Å². The molecule has 3 aromatic heterocycles. The fraction of sp³-hybridized carbons (Fsp3) is 0. The third-order valence-electron chi connectivity index (χ3n) is 2.50. The predicted molar refractivity (Wildman–Crippen MR) is 73.3 cm³/mol. The van der Waals surface area contributed by atoms with Crippen LogP contribution in [0.5, 0.6) is 0 Å². The van der Waals surface area contributed by atoms with Crippen molar-refractivity contribution in [3.63, 3.8) is 0 Å². The maximum absolute atomic E-state index is 11.0. The maximum atomic E-state index is 11.0. The van der Waals surface area contributed by atoms with Gasteiger partial charge in [-0.15, -0.1) is 10.2 Å². The molecular weight excluding hydrogens is 300 g/mol. The molecule has 6 nitrogen and oxygen atoms in total. The van der Waals surface area contributed by atoms with Crippen LogP contribution in [-0.4, -0.2) is 30.7 Å². The number of hydrogen-bond acceptors (Lipinski definition) is 5. The first kappa shape index (κ1) is 12.9. The molecule has 0 unspecified atom stereocenters. The number of carboxylic acid groups (broad SMARTS) is 1. The number of carbonyl (C=O) groups is 1. The second-order valence-electron chi connectivity index (χ2n) is 3.80. The van der Waals surface area contributed by atoms with Crippen LogP contribution < -0.4 is 0 Å². The van der Waals surface area contributed by atoms with Crippen LogP contribution in [-0.2, 0) is 0 Å². The Kier molecular flexibility index (Phi) is 3.29. The summed E-state index contributed by atoms with van der Waals surface area (Å²) in [6.45, 7) is 0. The normalized spacial score (nSPS) is 10.8. The smallest absolute Gasteiger partial charge is 0.356 e. The molecule has 0 aliphatic rings. The lowest BCUT2D eigenvalue weighted by atomic mass is 10.3. The summed E-state index contributed by atoms with van der Waals surface area (Å²) >= 11 is 7.00. The number of halogens is 1. The van der Waals surface area contributed by atoms with Crippen LogP contribution in [0.15, 0.2) is 46.7 Å². The number of fused-ring (bicyclic) bond motifs is 1. The van der Waals surface area contributed by atoms with Crippen molar-refractivity contribution < 1.29 is 9.90 Å². The van der Waals surface area contributed by atoms with Crippen molar-refractivity contribution in [3.05, 3.63) is 47.2 Å². The van der Waals surface area contributed by atoms with Gasteiger partial charge in [-0.05, 0) is 36.0 Å². The molecule has 0 radical (unpaired) electrons. The highest BCUT2D eigenvalue weighted by atomic mass is 35.5. The van der Waals surface area contributed by atoms with Crippen LogP contribution in [0.1, 0.15) is 10.5 Å². The number of carboxylic acids is 1. The Morgan fingerprint density at radius 2 is 2.10 bits per heavy atom. The van der Waals surface area contributed by atoms with E-state index in [1.54, 1.807) is 10.5 Å². The molecule has 0 amide bonds. The maximum Gasteiger partial charge on any atom is 0.356 e. The van der Waals surface area contributed by atoms with Crippen LogP contribution in [0.2, 0.25) is 5.02 Å². The second kappa shape index (κ2) is 5.10. The molecule has 20 heavy (non-hydrogen) atoms. The molecule has 8 heteroatoms. The van der Waals surface area contributed by atoms with Crippen LogP contribution in [0.25, 0.3) is 5.65 Å². The third kappa shape index (κ3) is 2.33. The van der Waals surface area contributed by atoms with E-state index in [-0.39, 0.29) is 10.7 Å². The van der Waals surface area contributed by atoms with Gasteiger partial charge >= 0.3 is 5.97 Å². The van der Waals surface area contributed by atoms with Crippen molar-refractivity contribution >= 4 is 35.0 Å². The zero-order chi connectivity index (χ0) is 14.1. The van der Waals surface area contributed by atoms with Crippen molar-refractivity contribution in [2.45, 2.75) is 10.2 Å². The van der Waals surface area contributed by atoms with Gasteiger partial charge in [-0.1, -0.05) is 17.7 Å². The van der Waals surface area contributed by atoms with E-state index < -0.39 is 5.97 Å². The highest BCUT2D eigenvalue weighted by Crippen LogP contribution is 2.27. The summed E-state index contributed by atoms with van der Waals surface area (Å²) in [6.07, 6.45) is 1.83. The van der Waals surface area contributed by atoms with Crippen LogP contribution in [0, 0.1) is 0 Å². The van der Waals surface area contributed by atoms with Gasteiger partial charge in [0.25, 0.3) is 0 Å². The average molecular weight is 307 g/mol. The zero-order valence-electron chi connectivity index (χ0n) is 9.89. The summed E-state index contributed by atoms with van der Waals surface area (Å²) in [7, 11) is 0. The molecule has 0 aliphatic carbocycles. The molecular formula is C12H7ClN4O2S. The first-order valence-corrected chi connectivity index (χ1v) is 6.72. The van der Waals surface area contributed by atoms with Gasteiger partial charge in [0, 0.05) is 6.20 Å². The fourth-order valence-corrected chi connectivity index (χ4v) is 2.59. The Labute approximate surface area is 122 Å². The van der Waals surface area contributed by atoms with Crippen molar-refractivity contribution in [1.82, 2.24) is 19.6 Å². The van der Waals surface area contributed by atoms with Crippen LogP contribution in [0.3, 0.4) is 0 Å². The van der Waals surface area contributed by atoms with E-state index in [2.05, 4.69) is 15.2 Å². The molecule has 0 aromatic carbocycles. The minimum Gasteiger partial charge on any atom is -0.476 e. The van der Waals surface area contributed by atoms with Gasteiger partial charge in [-0.2, -0.15) is 0 Å². The number of aromatic nitrogens is 4. The lowest BCUT2D eigenvalue weighted by Crippen LogP contribution is -2.02. The number of nitrogens with zero attached hydrogens (tertiary/aromatic N) is 4. The highest BCUT2D eigenvalue weighted by Gasteiger charge is 2.14. The van der Waals surface area contributed by atoms with Gasteiger partial charge in [0.15, 0.2) is 11.3 Å². The Morgan fingerprint density at radius 3 is 2.90 bits per heavy atom. The van der Waals surface area contributed by atoms with E-state index in [4.69, 9.17) is 16.7 Å². The summed E-state index contributed by atoms with van der Waals surface area (Å²) < 4.78 is 1.79. The molecule has 0 fully saturated rings. The topological polar surface area (TPSA) is 80.4 Å². The van der Waals surface area contributed by atoms with Crippen LogP contribution in [0.4, 0.5) is 0 Å². The molecule has 0 aliphatic heterocycles. The fourth-order valence-electron chi connectivity index (χ4n) is 1.61. The molecule has 3 aromatic rings. The Morgan fingerprint density at radius 1 is 1.25 bits per heavy atom. The van der Waals surface area contributed by atoms with Gasteiger partial charge < -0.3 is 5.11 Å². The number of rotatable bonds is 3. The second-order valence-corrected chi connectivity index (χ2v) is 5.19.